The van der Waals surface area contributed by atoms with Gasteiger partial charge in [-0.25, -0.2) is 4.98 Å². The number of nitrogens with one attached hydrogen (secondary N) is 1. The predicted molar refractivity (Wildman–Crippen MR) is 100 cm³/mol. The van der Waals surface area contributed by atoms with Crippen molar-refractivity contribution in [2.75, 3.05) is 19.7 Å². The van der Waals surface area contributed by atoms with Gasteiger partial charge < -0.3 is 15.0 Å². The SMILES string of the molecule is O=C(NCC1CCCO1)c1cccc(C(=O)N2CCc3ccccc3C2)n1. The molecule has 1 N–H and O–H groups in total. The minimum Gasteiger partial charge on any atom is -0.376 e. The number of pyridine rings is 1. The zero-order valence-corrected chi connectivity index (χ0v) is 15.2. The van der Waals surface area contributed by atoms with E-state index in [0.29, 0.717) is 25.3 Å². The van der Waals surface area contributed by atoms with Crippen molar-refractivity contribution in [1.82, 2.24) is 15.2 Å². The van der Waals surface area contributed by atoms with Crippen LogP contribution in [0, 0.1) is 0 Å². The van der Waals surface area contributed by atoms with E-state index >= 15 is 0 Å². The number of rotatable bonds is 4. The van der Waals surface area contributed by atoms with E-state index < -0.39 is 0 Å². The molecule has 1 aromatic carbocycles. The number of ether oxygens (including phenoxy) is 1. The fraction of sp³-hybridized carbons (Fsp3) is 0.381. The molecule has 4 rings (SSSR count). The highest BCUT2D eigenvalue weighted by molar-refractivity contribution is 5.96. The van der Waals surface area contributed by atoms with E-state index in [1.54, 1.807) is 23.1 Å². The number of carbonyl (C=O) groups excluding carboxylic acids is 2. The Morgan fingerprint density at radius 3 is 2.74 bits per heavy atom. The molecule has 1 unspecified atom stereocenters. The summed E-state index contributed by atoms with van der Waals surface area (Å²) in [7, 11) is 0. The molecular formula is C21H23N3O3. The number of amides is 2. The first-order chi connectivity index (χ1) is 13.2. The summed E-state index contributed by atoms with van der Waals surface area (Å²) in [4.78, 5) is 31.3. The second-order valence-electron chi connectivity index (χ2n) is 7.00. The summed E-state index contributed by atoms with van der Waals surface area (Å²) in [5, 5.41) is 2.85. The molecule has 0 aliphatic carbocycles. The van der Waals surface area contributed by atoms with E-state index in [-0.39, 0.29) is 23.6 Å². The fourth-order valence-corrected chi connectivity index (χ4v) is 3.61. The Morgan fingerprint density at radius 1 is 1.11 bits per heavy atom. The van der Waals surface area contributed by atoms with E-state index in [1.165, 1.54) is 11.1 Å². The van der Waals surface area contributed by atoms with Gasteiger partial charge in [0.15, 0.2) is 0 Å². The Morgan fingerprint density at radius 2 is 1.93 bits per heavy atom. The molecule has 1 aromatic heterocycles. The zero-order valence-electron chi connectivity index (χ0n) is 15.2. The number of carbonyl (C=O) groups is 2. The van der Waals surface area contributed by atoms with Crippen molar-refractivity contribution in [3.8, 4) is 0 Å². The Hall–Kier alpha value is -2.73. The first kappa shape index (κ1) is 17.7. The normalized spacial score (nSPS) is 18.8. The fourth-order valence-electron chi connectivity index (χ4n) is 3.61. The van der Waals surface area contributed by atoms with Crippen LogP contribution in [0.15, 0.2) is 42.5 Å². The van der Waals surface area contributed by atoms with Gasteiger partial charge in [-0.3, -0.25) is 9.59 Å². The zero-order chi connectivity index (χ0) is 18.6. The molecule has 6 heteroatoms. The molecule has 1 saturated heterocycles. The first-order valence-electron chi connectivity index (χ1n) is 9.43. The van der Waals surface area contributed by atoms with Gasteiger partial charge in [0.25, 0.3) is 11.8 Å². The molecule has 27 heavy (non-hydrogen) atoms. The standard InChI is InChI=1S/C21H23N3O3/c25-20(22-13-17-7-4-12-27-17)18-8-3-9-19(23-18)21(26)24-11-10-15-5-1-2-6-16(15)14-24/h1-3,5-6,8-9,17H,4,7,10-14H2,(H,22,25). The van der Waals surface area contributed by atoms with Crippen molar-refractivity contribution in [1.29, 1.82) is 0 Å². The lowest BCUT2D eigenvalue weighted by molar-refractivity contribution is 0.0728. The van der Waals surface area contributed by atoms with Gasteiger partial charge in [-0.2, -0.15) is 0 Å². The van der Waals surface area contributed by atoms with Gasteiger partial charge in [-0.05, 0) is 42.5 Å². The van der Waals surface area contributed by atoms with Crippen LogP contribution in [0.2, 0.25) is 0 Å². The molecule has 0 radical (unpaired) electrons. The molecule has 2 aliphatic heterocycles. The predicted octanol–water partition coefficient (Wildman–Crippen LogP) is 2.19. The second-order valence-corrected chi connectivity index (χ2v) is 7.00. The summed E-state index contributed by atoms with van der Waals surface area (Å²) < 4.78 is 5.51. The maximum atomic E-state index is 12.9. The van der Waals surface area contributed by atoms with Crippen molar-refractivity contribution < 1.29 is 14.3 Å². The first-order valence-corrected chi connectivity index (χ1v) is 9.43. The van der Waals surface area contributed by atoms with Crippen molar-refractivity contribution in [3.05, 3.63) is 65.0 Å². The summed E-state index contributed by atoms with van der Waals surface area (Å²) in [5.41, 5.74) is 3.02. The quantitative estimate of drug-likeness (QED) is 0.902. The maximum absolute atomic E-state index is 12.9. The topological polar surface area (TPSA) is 71.5 Å². The van der Waals surface area contributed by atoms with Crippen LogP contribution < -0.4 is 5.32 Å². The highest BCUT2D eigenvalue weighted by Crippen LogP contribution is 2.20. The molecule has 0 saturated carbocycles. The molecule has 3 heterocycles. The van der Waals surface area contributed by atoms with Gasteiger partial charge in [0, 0.05) is 26.2 Å². The van der Waals surface area contributed by atoms with Crippen LogP contribution in [0.5, 0.6) is 0 Å². The van der Waals surface area contributed by atoms with Crippen LogP contribution >= 0.6 is 0 Å². The maximum Gasteiger partial charge on any atom is 0.272 e. The van der Waals surface area contributed by atoms with Crippen molar-refractivity contribution in [2.24, 2.45) is 0 Å². The van der Waals surface area contributed by atoms with Crippen LogP contribution in [-0.2, 0) is 17.7 Å². The monoisotopic (exact) mass is 365 g/mol. The molecule has 140 valence electrons. The summed E-state index contributed by atoms with van der Waals surface area (Å²) in [5.74, 6) is -0.414. The largest absolute Gasteiger partial charge is 0.376 e. The molecule has 2 aliphatic rings. The molecule has 0 spiro atoms. The van der Waals surface area contributed by atoms with Gasteiger partial charge in [-0.1, -0.05) is 30.3 Å². The minimum absolute atomic E-state index is 0.0761. The number of fused-ring (bicyclic) bond motifs is 1. The molecule has 1 fully saturated rings. The van der Waals surface area contributed by atoms with E-state index in [1.807, 2.05) is 12.1 Å². The number of aromatic nitrogens is 1. The van der Waals surface area contributed by atoms with Crippen molar-refractivity contribution in [3.63, 3.8) is 0 Å². The molecule has 6 nitrogen and oxygen atoms in total. The van der Waals surface area contributed by atoms with Crippen LogP contribution in [0.3, 0.4) is 0 Å². The third-order valence-electron chi connectivity index (χ3n) is 5.13. The lowest BCUT2D eigenvalue weighted by atomic mass is 10.00. The summed E-state index contributed by atoms with van der Waals surface area (Å²) in [6.07, 6.45) is 2.90. The lowest BCUT2D eigenvalue weighted by Gasteiger charge is -2.28. The van der Waals surface area contributed by atoms with Crippen molar-refractivity contribution in [2.45, 2.75) is 31.9 Å². The number of benzene rings is 1. The Kier molecular flexibility index (Phi) is 5.16. The molecule has 2 aromatic rings. The smallest absolute Gasteiger partial charge is 0.272 e. The Balaban J connectivity index is 1.42. The van der Waals surface area contributed by atoms with Gasteiger partial charge in [0.05, 0.1) is 6.10 Å². The van der Waals surface area contributed by atoms with E-state index in [4.69, 9.17) is 4.74 Å². The van der Waals surface area contributed by atoms with Crippen LogP contribution in [0.4, 0.5) is 0 Å². The Labute approximate surface area is 158 Å². The van der Waals surface area contributed by atoms with Gasteiger partial charge in [0.1, 0.15) is 11.4 Å². The average molecular weight is 365 g/mol. The number of hydrogen-bond acceptors (Lipinski definition) is 4. The third-order valence-corrected chi connectivity index (χ3v) is 5.13. The average Bonchev–Trinajstić information content (AvgIpc) is 3.25. The number of nitrogens with zero attached hydrogens (tertiary/aromatic N) is 2. The van der Waals surface area contributed by atoms with E-state index in [2.05, 4.69) is 22.4 Å². The molecule has 1 atom stereocenters. The molecule has 0 bridgehead atoms. The van der Waals surface area contributed by atoms with E-state index in [0.717, 1.165) is 25.9 Å². The highest BCUT2D eigenvalue weighted by Gasteiger charge is 2.23. The van der Waals surface area contributed by atoms with Crippen molar-refractivity contribution >= 4 is 11.8 Å². The minimum atomic E-state index is -0.274. The molecule has 2 amide bonds. The lowest BCUT2D eigenvalue weighted by Crippen LogP contribution is -2.37. The summed E-state index contributed by atoms with van der Waals surface area (Å²) in [6.45, 7) is 2.46. The van der Waals surface area contributed by atoms with Crippen LogP contribution in [-0.4, -0.2) is 47.5 Å². The second kappa shape index (κ2) is 7.88. The number of hydrogen-bond donors (Lipinski definition) is 1. The third kappa shape index (κ3) is 4.01. The summed E-state index contributed by atoms with van der Waals surface area (Å²) >= 11 is 0. The highest BCUT2D eigenvalue weighted by atomic mass is 16.5. The van der Waals surface area contributed by atoms with Gasteiger partial charge >= 0.3 is 0 Å². The van der Waals surface area contributed by atoms with Crippen LogP contribution in [0.25, 0.3) is 0 Å². The Bertz CT molecular complexity index is 846. The van der Waals surface area contributed by atoms with Crippen LogP contribution in [0.1, 0.15) is 44.9 Å². The molecular weight excluding hydrogens is 342 g/mol. The van der Waals surface area contributed by atoms with E-state index in [9.17, 15) is 9.59 Å². The van der Waals surface area contributed by atoms with Gasteiger partial charge in [0.2, 0.25) is 0 Å². The summed E-state index contributed by atoms with van der Waals surface area (Å²) in [6, 6.07) is 13.2. The van der Waals surface area contributed by atoms with Gasteiger partial charge in [-0.15, -0.1) is 0 Å².